The minimum absolute atomic E-state index is 0.330. The molecule has 1 aromatic rings. The first-order chi connectivity index (χ1) is 14.0. The molecule has 1 saturated heterocycles. The summed E-state index contributed by atoms with van der Waals surface area (Å²) in [5.41, 5.74) is 2.93. The van der Waals surface area contributed by atoms with Crippen LogP contribution in [0.4, 0.5) is 0 Å². The molecule has 2 saturated carbocycles. The molecule has 160 valence electrons. The highest BCUT2D eigenvalue weighted by molar-refractivity contribution is 5.38. The Morgan fingerprint density at radius 2 is 2.07 bits per heavy atom. The average molecular weight is 398 g/mol. The minimum Gasteiger partial charge on any atom is -0.497 e. The first-order valence-corrected chi connectivity index (χ1v) is 11.6. The predicted octanol–water partition coefficient (Wildman–Crippen LogP) is 5.43. The number of hydrogen-bond donors (Lipinski definition) is 0. The highest BCUT2D eigenvalue weighted by Crippen LogP contribution is 2.56. The molecule has 29 heavy (non-hydrogen) atoms. The van der Waals surface area contributed by atoms with Crippen LogP contribution in [0.1, 0.15) is 56.6 Å². The Labute approximate surface area is 177 Å². The number of piperidine rings is 1. The van der Waals surface area contributed by atoms with Crippen molar-refractivity contribution < 1.29 is 9.47 Å². The van der Waals surface area contributed by atoms with Gasteiger partial charge in [-0.3, -0.25) is 0 Å². The molecule has 3 aliphatic rings. The van der Waals surface area contributed by atoms with E-state index in [1.807, 2.05) is 6.08 Å². The molecule has 0 radical (unpaired) electrons. The van der Waals surface area contributed by atoms with Crippen LogP contribution in [0.25, 0.3) is 0 Å². The monoisotopic (exact) mass is 397 g/mol. The summed E-state index contributed by atoms with van der Waals surface area (Å²) >= 11 is 0. The van der Waals surface area contributed by atoms with Crippen LogP contribution >= 0.6 is 0 Å². The van der Waals surface area contributed by atoms with Crippen LogP contribution in [-0.2, 0) is 4.74 Å². The first-order valence-electron chi connectivity index (χ1n) is 11.6. The summed E-state index contributed by atoms with van der Waals surface area (Å²) in [6.45, 7) is 14.0. The molecule has 3 nitrogen and oxygen atoms in total. The molecule has 1 heterocycles. The quantitative estimate of drug-likeness (QED) is 0.518. The summed E-state index contributed by atoms with van der Waals surface area (Å²) in [4.78, 5) is 2.80. The fourth-order valence-corrected chi connectivity index (χ4v) is 5.90. The normalized spacial score (nSPS) is 33.3. The minimum atomic E-state index is 0.330. The lowest BCUT2D eigenvalue weighted by molar-refractivity contribution is 0.0402. The number of nitrogens with zero attached hydrogens (tertiary/aromatic N) is 1. The van der Waals surface area contributed by atoms with Gasteiger partial charge in [0.1, 0.15) is 5.75 Å². The molecule has 0 spiro atoms. The van der Waals surface area contributed by atoms with Gasteiger partial charge in [-0.25, -0.2) is 0 Å². The SMILES string of the molecule is C=CCOC(C)C1CC1C1C(c2cc(OC)ccc2C)CCN(CC2CC2)C1C. The van der Waals surface area contributed by atoms with E-state index in [2.05, 4.69) is 50.4 Å². The van der Waals surface area contributed by atoms with E-state index < -0.39 is 0 Å². The first kappa shape index (κ1) is 20.9. The topological polar surface area (TPSA) is 21.7 Å². The van der Waals surface area contributed by atoms with E-state index in [0.29, 0.717) is 36.5 Å². The number of benzene rings is 1. The zero-order valence-corrected chi connectivity index (χ0v) is 18.8. The molecule has 6 unspecified atom stereocenters. The standard InChI is InChI=1S/C26H39NO2/c1-6-13-29-19(4)24-15-25(24)26-18(3)27(16-20-8-9-20)12-11-22(26)23-14-21(28-5)10-7-17(23)2/h6-7,10,14,18-20,22,24-26H,1,8-9,11-13,15-16H2,2-5H3. The second-order valence-corrected chi connectivity index (χ2v) is 9.76. The van der Waals surface area contributed by atoms with Crippen molar-refractivity contribution >= 4 is 0 Å². The summed E-state index contributed by atoms with van der Waals surface area (Å²) in [5.74, 6) is 4.73. The number of methoxy groups -OCH3 is 1. The Balaban J connectivity index is 1.57. The van der Waals surface area contributed by atoms with E-state index in [4.69, 9.17) is 9.47 Å². The fraction of sp³-hybridized carbons (Fsp3) is 0.692. The van der Waals surface area contributed by atoms with Crippen LogP contribution < -0.4 is 4.74 Å². The molecule has 0 aromatic heterocycles. The van der Waals surface area contributed by atoms with E-state index in [-0.39, 0.29) is 0 Å². The molecule has 4 rings (SSSR count). The maximum absolute atomic E-state index is 6.02. The lowest BCUT2D eigenvalue weighted by Crippen LogP contribution is -2.48. The molecule has 1 aliphatic heterocycles. The van der Waals surface area contributed by atoms with E-state index in [9.17, 15) is 0 Å². The van der Waals surface area contributed by atoms with Gasteiger partial charge in [0, 0.05) is 12.6 Å². The van der Waals surface area contributed by atoms with Crippen LogP contribution in [0.3, 0.4) is 0 Å². The van der Waals surface area contributed by atoms with Gasteiger partial charge in [0.25, 0.3) is 0 Å². The van der Waals surface area contributed by atoms with Crippen molar-refractivity contribution in [3.05, 3.63) is 42.0 Å². The maximum atomic E-state index is 6.02. The molecule has 0 amide bonds. The molecular weight excluding hydrogens is 358 g/mol. The number of likely N-dealkylation sites (tertiary alicyclic amines) is 1. The molecule has 0 bridgehead atoms. The summed E-state index contributed by atoms with van der Waals surface area (Å²) < 4.78 is 11.6. The third-order valence-corrected chi connectivity index (χ3v) is 7.87. The zero-order valence-electron chi connectivity index (χ0n) is 18.8. The van der Waals surface area contributed by atoms with Gasteiger partial charge in [-0.2, -0.15) is 0 Å². The molecule has 6 atom stereocenters. The van der Waals surface area contributed by atoms with Crippen LogP contribution in [0, 0.1) is 30.6 Å². The van der Waals surface area contributed by atoms with Crippen molar-refractivity contribution in [2.45, 2.75) is 64.5 Å². The Morgan fingerprint density at radius 1 is 1.28 bits per heavy atom. The van der Waals surface area contributed by atoms with Crippen LogP contribution in [0.5, 0.6) is 5.75 Å². The molecule has 3 heteroatoms. The zero-order chi connectivity index (χ0) is 20.5. The largest absolute Gasteiger partial charge is 0.497 e. The van der Waals surface area contributed by atoms with Gasteiger partial charge in [-0.15, -0.1) is 6.58 Å². The lowest BCUT2D eigenvalue weighted by Gasteiger charge is -2.46. The van der Waals surface area contributed by atoms with Crippen LogP contribution in [-0.4, -0.2) is 43.9 Å². The van der Waals surface area contributed by atoms with Gasteiger partial charge in [0.2, 0.25) is 0 Å². The van der Waals surface area contributed by atoms with Crippen LogP contribution in [0.15, 0.2) is 30.9 Å². The van der Waals surface area contributed by atoms with E-state index in [0.717, 1.165) is 17.6 Å². The molecule has 1 aromatic carbocycles. The van der Waals surface area contributed by atoms with E-state index in [1.54, 1.807) is 7.11 Å². The van der Waals surface area contributed by atoms with Crippen molar-refractivity contribution in [1.82, 2.24) is 4.90 Å². The summed E-state index contributed by atoms with van der Waals surface area (Å²) in [6.07, 6.45) is 7.65. The van der Waals surface area contributed by atoms with Gasteiger partial charge in [-0.05, 0) is 106 Å². The van der Waals surface area contributed by atoms with Crippen LogP contribution in [0.2, 0.25) is 0 Å². The number of rotatable bonds is 9. The van der Waals surface area contributed by atoms with Gasteiger partial charge >= 0.3 is 0 Å². The summed E-state index contributed by atoms with van der Waals surface area (Å²) in [5, 5.41) is 0. The van der Waals surface area contributed by atoms with Crippen molar-refractivity contribution in [3.8, 4) is 5.75 Å². The highest BCUT2D eigenvalue weighted by atomic mass is 16.5. The van der Waals surface area contributed by atoms with Gasteiger partial charge in [0.15, 0.2) is 0 Å². The third-order valence-electron chi connectivity index (χ3n) is 7.87. The second kappa shape index (κ2) is 8.81. The smallest absolute Gasteiger partial charge is 0.119 e. The Morgan fingerprint density at radius 3 is 2.76 bits per heavy atom. The number of ether oxygens (including phenoxy) is 2. The molecule has 3 fully saturated rings. The van der Waals surface area contributed by atoms with Crippen molar-refractivity contribution in [2.24, 2.45) is 23.7 Å². The molecule has 2 aliphatic carbocycles. The average Bonchev–Trinajstić information content (AvgIpc) is 3.63. The number of hydrogen-bond acceptors (Lipinski definition) is 3. The lowest BCUT2D eigenvalue weighted by atomic mass is 9.72. The van der Waals surface area contributed by atoms with Crippen molar-refractivity contribution in [1.29, 1.82) is 0 Å². The van der Waals surface area contributed by atoms with Gasteiger partial charge < -0.3 is 14.4 Å². The Hall–Kier alpha value is -1.32. The fourth-order valence-electron chi connectivity index (χ4n) is 5.90. The van der Waals surface area contributed by atoms with Crippen molar-refractivity contribution in [3.63, 3.8) is 0 Å². The molecule has 0 N–H and O–H groups in total. The molecular formula is C26H39NO2. The Kier molecular flexibility index (Phi) is 6.36. The van der Waals surface area contributed by atoms with E-state index in [1.165, 1.54) is 49.9 Å². The van der Waals surface area contributed by atoms with Crippen molar-refractivity contribution in [2.75, 3.05) is 26.8 Å². The van der Waals surface area contributed by atoms with Gasteiger partial charge in [-0.1, -0.05) is 12.1 Å². The Bertz CT molecular complexity index is 713. The maximum Gasteiger partial charge on any atom is 0.119 e. The third kappa shape index (κ3) is 4.56. The highest BCUT2D eigenvalue weighted by Gasteiger charge is 2.53. The number of aryl methyl sites for hydroxylation is 1. The summed E-state index contributed by atoms with van der Waals surface area (Å²) in [6, 6.07) is 7.30. The van der Waals surface area contributed by atoms with Gasteiger partial charge in [0.05, 0.1) is 19.8 Å². The second-order valence-electron chi connectivity index (χ2n) is 9.76. The predicted molar refractivity (Wildman–Crippen MR) is 120 cm³/mol. The van der Waals surface area contributed by atoms with E-state index >= 15 is 0 Å². The summed E-state index contributed by atoms with van der Waals surface area (Å²) in [7, 11) is 1.78.